The molecular formula is C12H19. The Morgan fingerprint density at radius 2 is 1.25 bits per heavy atom. The van der Waals surface area contributed by atoms with Crippen molar-refractivity contribution in [1.29, 1.82) is 0 Å². The summed E-state index contributed by atoms with van der Waals surface area (Å²) in [5.41, 5.74) is 0. The van der Waals surface area contributed by atoms with Gasteiger partial charge in [0.1, 0.15) is 0 Å². The lowest BCUT2D eigenvalue weighted by Gasteiger charge is -1.97. The summed E-state index contributed by atoms with van der Waals surface area (Å²) in [6.07, 6.45) is 20.5. The fourth-order valence-corrected chi connectivity index (χ4v) is 1.40. The average Bonchev–Trinajstić information content (AvgIpc) is 2.05. The highest BCUT2D eigenvalue weighted by atomic mass is 13.9. The lowest BCUT2D eigenvalue weighted by atomic mass is 10.1. The molecule has 0 spiro atoms. The van der Waals surface area contributed by atoms with Crippen molar-refractivity contribution in [2.45, 2.75) is 44.9 Å². The summed E-state index contributed by atoms with van der Waals surface area (Å²) in [6, 6.07) is 0. The summed E-state index contributed by atoms with van der Waals surface area (Å²) >= 11 is 0. The van der Waals surface area contributed by atoms with E-state index in [2.05, 4.69) is 30.7 Å². The van der Waals surface area contributed by atoms with Crippen molar-refractivity contribution in [3.8, 4) is 0 Å². The molecule has 67 valence electrons. The van der Waals surface area contributed by atoms with Crippen molar-refractivity contribution >= 4 is 0 Å². The van der Waals surface area contributed by atoms with Crippen LogP contribution >= 0.6 is 0 Å². The number of allylic oxidation sites excluding steroid dienone is 4. The smallest absolute Gasteiger partial charge is 0.0319 e. The van der Waals surface area contributed by atoms with E-state index in [1.165, 1.54) is 38.5 Å². The Kier molecular flexibility index (Phi) is 5.70. The van der Waals surface area contributed by atoms with E-state index in [0.29, 0.717) is 0 Å². The third-order valence-corrected chi connectivity index (χ3v) is 2.17. The molecule has 0 fully saturated rings. The van der Waals surface area contributed by atoms with Crippen molar-refractivity contribution in [1.82, 2.24) is 0 Å². The van der Waals surface area contributed by atoms with Gasteiger partial charge >= 0.3 is 0 Å². The molecule has 0 saturated carbocycles. The molecule has 12 heavy (non-hydrogen) atoms. The van der Waals surface area contributed by atoms with E-state index in [1.54, 1.807) is 0 Å². The molecule has 0 bridgehead atoms. The first-order chi connectivity index (χ1) is 6.00. The molecule has 0 aromatic rings. The van der Waals surface area contributed by atoms with Gasteiger partial charge in [0, 0.05) is 0 Å². The first-order valence-electron chi connectivity index (χ1n) is 5.12. The lowest BCUT2D eigenvalue weighted by molar-refractivity contribution is 0.756. The van der Waals surface area contributed by atoms with Crippen LogP contribution in [0, 0.1) is 6.42 Å². The van der Waals surface area contributed by atoms with Crippen LogP contribution in [0.5, 0.6) is 0 Å². The molecule has 0 atom stereocenters. The maximum atomic E-state index is 2.36. The van der Waals surface area contributed by atoms with E-state index in [0.717, 1.165) is 6.42 Å². The molecule has 0 heteroatoms. The first-order valence-corrected chi connectivity index (χ1v) is 5.12. The Bertz CT molecular complexity index is 108. The molecule has 0 nitrogen and oxygen atoms in total. The third kappa shape index (κ3) is 5.17. The standard InChI is InChI=1S/C12H19/c1-2-4-6-8-10-12-11-9-7-5-3-1/h1-2,5,11-12H,3-4,6-10H2. The number of rotatable bonds is 0. The van der Waals surface area contributed by atoms with Crippen LogP contribution in [-0.4, -0.2) is 0 Å². The van der Waals surface area contributed by atoms with Gasteiger partial charge in [-0.05, 0) is 51.4 Å². The van der Waals surface area contributed by atoms with Crippen LogP contribution in [0.2, 0.25) is 0 Å². The van der Waals surface area contributed by atoms with E-state index in [9.17, 15) is 0 Å². The molecule has 0 aromatic heterocycles. The highest BCUT2D eigenvalue weighted by molar-refractivity contribution is 4.90. The summed E-state index contributed by atoms with van der Waals surface area (Å²) < 4.78 is 0. The van der Waals surface area contributed by atoms with E-state index in [4.69, 9.17) is 0 Å². The van der Waals surface area contributed by atoms with Gasteiger partial charge in [-0.1, -0.05) is 24.3 Å². The largest absolute Gasteiger partial charge is 0.0885 e. The highest BCUT2D eigenvalue weighted by Gasteiger charge is 1.87. The highest BCUT2D eigenvalue weighted by Crippen LogP contribution is 2.07. The second kappa shape index (κ2) is 7.15. The molecule has 0 N–H and O–H groups in total. The third-order valence-electron chi connectivity index (χ3n) is 2.17. The molecule has 1 aliphatic carbocycles. The van der Waals surface area contributed by atoms with Crippen LogP contribution in [0.4, 0.5) is 0 Å². The fourth-order valence-electron chi connectivity index (χ4n) is 1.40. The van der Waals surface area contributed by atoms with Crippen molar-refractivity contribution in [2.75, 3.05) is 0 Å². The van der Waals surface area contributed by atoms with Crippen LogP contribution in [0.1, 0.15) is 44.9 Å². The minimum atomic E-state index is 1.16. The number of hydrogen-bond acceptors (Lipinski definition) is 0. The van der Waals surface area contributed by atoms with E-state index < -0.39 is 0 Å². The van der Waals surface area contributed by atoms with Gasteiger partial charge in [0.05, 0.1) is 0 Å². The molecule has 1 rings (SSSR count). The monoisotopic (exact) mass is 163 g/mol. The molecule has 1 radical (unpaired) electrons. The zero-order chi connectivity index (χ0) is 8.49. The van der Waals surface area contributed by atoms with E-state index in [1.807, 2.05) is 0 Å². The molecule has 0 aromatic carbocycles. The predicted molar refractivity (Wildman–Crippen MR) is 54.9 cm³/mol. The van der Waals surface area contributed by atoms with Gasteiger partial charge < -0.3 is 0 Å². The Balaban J connectivity index is 2.18. The van der Waals surface area contributed by atoms with Gasteiger partial charge in [0.15, 0.2) is 0 Å². The normalized spacial score (nSPS) is 21.3. The summed E-state index contributed by atoms with van der Waals surface area (Å²) in [4.78, 5) is 0. The van der Waals surface area contributed by atoms with Gasteiger partial charge in [-0.2, -0.15) is 0 Å². The topological polar surface area (TPSA) is 0 Å². The SMILES string of the molecule is [CH]1CC=CCCCCC=CCC1. The van der Waals surface area contributed by atoms with Gasteiger partial charge in [0.25, 0.3) is 0 Å². The van der Waals surface area contributed by atoms with Crippen molar-refractivity contribution in [3.05, 3.63) is 30.7 Å². The molecule has 1 aliphatic rings. The predicted octanol–water partition coefficient (Wildman–Crippen LogP) is 4.05. The quantitative estimate of drug-likeness (QED) is 0.473. The van der Waals surface area contributed by atoms with Crippen LogP contribution < -0.4 is 0 Å². The van der Waals surface area contributed by atoms with Gasteiger partial charge in [-0.3, -0.25) is 0 Å². The van der Waals surface area contributed by atoms with Crippen LogP contribution in [0.25, 0.3) is 0 Å². The Morgan fingerprint density at radius 1 is 0.583 bits per heavy atom. The number of hydrogen-bond donors (Lipinski definition) is 0. The first kappa shape index (κ1) is 9.57. The van der Waals surface area contributed by atoms with Crippen molar-refractivity contribution in [3.63, 3.8) is 0 Å². The van der Waals surface area contributed by atoms with Crippen LogP contribution in [0.15, 0.2) is 24.3 Å². The molecule has 0 unspecified atom stereocenters. The van der Waals surface area contributed by atoms with Crippen molar-refractivity contribution in [2.24, 2.45) is 0 Å². The van der Waals surface area contributed by atoms with E-state index in [-0.39, 0.29) is 0 Å². The average molecular weight is 163 g/mol. The maximum Gasteiger partial charge on any atom is -0.0319 e. The fraction of sp³-hybridized carbons (Fsp3) is 0.583. The molecule has 0 heterocycles. The van der Waals surface area contributed by atoms with Gasteiger partial charge in [-0.15, -0.1) is 0 Å². The Labute approximate surface area is 76.4 Å². The minimum absolute atomic E-state index is 1.16. The Hall–Kier alpha value is -0.520. The molecular weight excluding hydrogens is 144 g/mol. The minimum Gasteiger partial charge on any atom is -0.0885 e. The summed E-state index contributed by atoms with van der Waals surface area (Å²) in [7, 11) is 0. The zero-order valence-electron chi connectivity index (χ0n) is 7.84. The van der Waals surface area contributed by atoms with Gasteiger partial charge in [-0.25, -0.2) is 0 Å². The Morgan fingerprint density at radius 3 is 2.08 bits per heavy atom. The maximum absolute atomic E-state index is 2.36. The summed E-state index contributed by atoms with van der Waals surface area (Å²) in [5, 5.41) is 0. The summed E-state index contributed by atoms with van der Waals surface area (Å²) in [6.45, 7) is 0. The second-order valence-corrected chi connectivity index (χ2v) is 3.33. The van der Waals surface area contributed by atoms with Gasteiger partial charge in [0.2, 0.25) is 0 Å². The molecule has 0 saturated heterocycles. The lowest BCUT2D eigenvalue weighted by Crippen LogP contribution is -1.78. The molecule has 0 aliphatic heterocycles. The zero-order valence-corrected chi connectivity index (χ0v) is 7.84. The molecule has 0 amide bonds. The second-order valence-electron chi connectivity index (χ2n) is 3.33. The van der Waals surface area contributed by atoms with E-state index >= 15 is 0 Å². The van der Waals surface area contributed by atoms with Crippen LogP contribution in [-0.2, 0) is 0 Å². The van der Waals surface area contributed by atoms with Crippen LogP contribution in [0.3, 0.4) is 0 Å². The van der Waals surface area contributed by atoms with Crippen molar-refractivity contribution < 1.29 is 0 Å². The summed E-state index contributed by atoms with van der Waals surface area (Å²) in [5.74, 6) is 0.